The van der Waals surface area contributed by atoms with Crippen molar-refractivity contribution in [1.29, 1.82) is 0 Å². The molecule has 0 saturated carbocycles. The third kappa shape index (κ3) is 3.78. The van der Waals surface area contributed by atoms with Gasteiger partial charge in [-0.25, -0.2) is 13.6 Å². The maximum absolute atomic E-state index is 13.4. The largest absolute Gasteiger partial charge is 0.451 e. The number of carbonyl (C=O) groups is 2. The molecule has 3 rings (SSSR count). The number of rotatable bonds is 4. The van der Waals surface area contributed by atoms with Crippen LogP contribution in [0.2, 0.25) is 5.02 Å². The molecule has 0 bridgehead atoms. The molecule has 0 fully saturated rings. The van der Waals surface area contributed by atoms with Crippen LogP contribution < -0.4 is 5.32 Å². The van der Waals surface area contributed by atoms with E-state index in [1.54, 1.807) is 6.07 Å². The molecule has 1 amide bonds. The van der Waals surface area contributed by atoms with Crippen LogP contribution in [0.5, 0.6) is 0 Å². The minimum atomic E-state index is -0.810. The number of nitrogens with one attached hydrogen (secondary N) is 1. The van der Waals surface area contributed by atoms with Gasteiger partial charge in [0, 0.05) is 10.1 Å². The van der Waals surface area contributed by atoms with E-state index >= 15 is 0 Å². The molecule has 1 heterocycles. The van der Waals surface area contributed by atoms with Crippen LogP contribution >= 0.6 is 22.9 Å². The minimum Gasteiger partial charge on any atom is -0.451 e. The number of benzene rings is 2. The van der Waals surface area contributed by atoms with Gasteiger partial charge in [-0.1, -0.05) is 23.7 Å². The van der Waals surface area contributed by atoms with Gasteiger partial charge in [0.05, 0.1) is 10.7 Å². The molecule has 0 aliphatic rings. The molecule has 0 aliphatic heterocycles. The fourth-order valence-electron chi connectivity index (χ4n) is 2.12. The second-order valence-electron chi connectivity index (χ2n) is 4.99. The number of esters is 1. The summed E-state index contributed by atoms with van der Waals surface area (Å²) in [6.07, 6.45) is 0. The van der Waals surface area contributed by atoms with E-state index in [0.717, 1.165) is 11.3 Å². The predicted octanol–water partition coefficient (Wildman–Crippen LogP) is 4.63. The van der Waals surface area contributed by atoms with Crippen LogP contribution in [0.25, 0.3) is 10.1 Å². The third-order valence-corrected chi connectivity index (χ3v) is 4.90. The minimum absolute atomic E-state index is 0.0149. The Morgan fingerprint density at radius 2 is 1.92 bits per heavy atom. The van der Waals surface area contributed by atoms with Crippen LogP contribution in [-0.2, 0) is 9.53 Å². The Hall–Kier alpha value is -2.51. The fraction of sp³-hybridized carbons (Fsp3) is 0.0588. The van der Waals surface area contributed by atoms with Crippen LogP contribution in [0.3, 0.4) is 0 Å². The lowest BCUT2D eigenvalue weighted by atomic mass is 10.2. The van der Waals surface area contributed by atoms with Crippen molar-refractivity contribution in [3.8, 4) is 0 Å². The molecule has 8 heteroatoms. The average Bonchev–Trinajstić information content (AvgIpc) is 2.91. The second kappa shape index (κ2) is 7.16. The van der Waals surface area contributed by atoms with Gasteiger partial charge in [0.1, 0.15) is 16.5 Å². The first-order valence-electron chi connectivity index (χ1n) is 7.05. The van der Waals surface area contributed by atoms with E-state index in [-0.39, 0.29) is 15.6 Å². The zero-order valence-electron chi connectivity index (χ0n) is 12.5. The molecular formula is C17H10ClF2NO3S. The van der Waals surface area contributed by atoms with Crippen molar-refractivity contribution in [3.05, 3.63) is 64.0 Å². The summed E-state index contributed by atoms with van der Waals surface area (Å²) in [5, 5.41) is 2.96. The summed E-state index contributed by atoms with van der Waals surface area (Å²) in [6, 6.07) is 9.57. The fourth-order valence-corrected chi connectivity index (χ4v) is 3.54. The molecule has 0 unspecified atom stereocenters. The van der Waals surface area contributed by atoms with Gasteiger partial charge in [0.25, 0.3) is 5.91 Å². The lowest BCUT2D eigenvalue weighted by molar-refractivity contribution is -0.119. The number of ether oxygens (including phenoxy) is 1. The monoisotopic (exact) mass is 381 g/mol. The van der Waals surface area contributed by atoms with E-state index in [4.69, 9.17) is 16.3 Å². The molecule has 1 aromatic heterocycles. The maximum Gasteiger partial charge on any atom is 0.350 e. The molecule has 1 N–H and O–H groups in total. The van der Waals surface area contributed by atoms with E-state index in [9.17, 15) is 18.4 Å². The molecule has 0 radical (unpaired) electrons. The Balaban J connectivity index is 1.67. The molecule has 0 spiro atoms. The van der Waals surface area contributed by atoms with Gasteiger partial charge in [-0.2, -0.15) is 0 Å². The summed E-state index contributed by atoms with van der Waals surface area (Å²) in [5.41, 5.74) is -0.0149. The quantitative estimate of drug-likeness (QED) is 0.670. The average molecular weight is 382 g/mol. The highest BCUT2D eigenvalue weighted by atomic mass is 35.5. The summed E-state index contributed by atoms with van der Waals surface area (Å²) in [7, 11) is 0. The van der Waals surface area contributed by atoms with E-state index in [1.165, 1.54) is 36.4 Å². The van der Waals surface area contributed by atoms with Gasteiger partial charge in [0.15, 0.2) is 6.61 Å². The van der Waals surface area contributed by atoms with Gasteiger partial charge in [-0.05, 0) is 30.3 Å². The highest BCUT2D eigenvalue weighted by molar-refractivity contribution is 7.21. The molecule has 128 valence electrons. The summed E-state index contributed by atoms with van der Waals surface area (Å²) >= 11 is 7.07. The van der Waals surface area contributed by atoms with E-state index in [0.29, 0.717) is 10.1 Å². The number of para-hydroxylation sites is 1. The van der Waals surface area contributed by atoms with Gasteiger partial charge in [0.2, 0.25) is 0 Å². The molecule has 3 aromatic rings. The molecule has 4 nitrogen and oxygen atoms in total. The van der Waals surface area contributed by atoms with Crippen LogP contribution in [0, 0.1) is 11.6 Å². The van der Waals surface area contributed by atoms with Crippen molar-refractivity contribution in [1.82, 2.24) is 0 Å². The number of halogens is 3. The highest BCUT2D eigenvalue weighted by Gasteiger charge is 2.20. The zero-order chi connectivity index (χ0) is 18.0. The summed E-state index contributed by atoms with van der Waals surface area (Å²) < 4.78 is 32.1. The third-order valence-electron chi connectivity index (χ3n) is 3.26. The Morgan fingerprint density at radius 3 is 2.68 bits per heavy atom. The predicted molar refractivity (Wildman–Crippen MR) is 92.1 cm³/mol. The molecule has 25 heavy (non-hydrogen) atoms. The van der Waals surface area contributed by atoms with Gasteiger partial charge in [-0.3, -0.25) is 4.79 Å². The Morgan fingerprint density at radius 1 is 1.16 bits per heavy atom. The lowest BCUT2D eigenvalue weighted by Gasteiger charge is -2.06. The van der Waals surface area contributed by atoms with Crippen LogP contribution in [0.4, 0.5) is 14.5 Å². The van der Waals surface area contributed by atoms with Gasteiger partial charge >= 0.3 is 5.97 Å². The summed E-state index contributed by atoms with van der Waals surface area (Å²) in [4.78, 5) is 23.9. The Kier molecular flexibility index (Phi) is 4.96. The molecule has 0 aliphatic carbocycles. The number of carbonyl (C=O) groups excluding carboxylic acids is 2. The first kappa shape index (κ1) is 17.3. The van der Waals surface area contributed by atoms with Crippen molar-refractivity contribution in [2.45, 2.75) is 0 Å². The second-order valence-corrected chi connectivity index (χ2v) is 6.42. The van der Waals surface area contributed by atoms with Gasteiger partial charge in [-0.15, -0.1) is 11.3 Å². The van der Waals surface area contributed by atoms with Crippen LogP contribution in [0.1, 0.15) is 9.67 Å². The Labute approximate surface area is 150 Å². The Bertz CT molecular complexity index is 974. The highest BCUT2D eigenvalue weighted by Crippen LogP contribution is 2.36. The number of hydrogen-bond acceptors (Lipinski definition) is 4. The van der Waals surface area contributed by atoms with Crippen LogP contribution in [-0.4, -0.2) is 18.5 Å². The van der Waals surface area contributed by atoms with Crippen molar-refractivity contribution in [3.63, 3.8) is 0 Å². The number of thiophene rings is 1. The number of amides is 1. The van der Waals surface area contributed by atoms with E-state index in [1.807, 2.05) is 0 Å². The molecular weight excluding hydrogens is 372 g/mol. The SMILES string of the molecule is O=C(COC(=O)c1sc2cc(F)ccc2c1Cl)Nc1ccccc1F. The number of fused-ring (bicyclic) bond motifs is 1. The van der Waals surface area contributed by atoms with Crippen molar-refractivity contribution >= 4 is 50.6 Å². The summed E-state index contributed by atoms with van der Waals surface area (Å²) in [5.74, 6) is -2.55. The molecule has 0 atom stereocenters. The van der Waals surface area contributed by atoms with Crippen molar-refractivity contribution in [2.24, 2.45) is 0 Å². The number of hydrogen-bond donors (Lipinski definition) is 1. The van der Waals surface area contributed by atoms with Crippen molar-refractivity contribution < 1.29 is 23.1 Å². The molecule has 0 saturated heterocycles. The first-order chi connectivity index (χ1) is 12.0. The summed E-state index contributed by atoms with van der Waals surface area (Å²) in [6.45, 7) is -0.605. The topological polar surface area (TPSA) is 55.4 Å². The standard InChI is InChI=1S/C17H10ClF2NO3S/c18-15-10-6-5-9(19)7-13(10)25-16(15)17(23)24-8-14(22)21-12-4-2-1-3-11(12)20/h1-7H,8H2,(H,21,22). The smallest absolute Gasteiger partial charge is 0.350 e. The van der Waals surface area contributed by atoms with Gasteiger partial charge < -0.3 is 10.1 Å². The number of anilines is 1. The molecule has 2 aromatic carbocycles. The van der Waals surface area contributed by atoms with E-state index in [2.05, 4.69) is 5.32 Å². The van der Waals surface area contributed by atoms with Crippen molar-refractivity contribution in [2.75, 3.05) is 11.9 Å². The lowest BCUT2D eigenvalue weighted by Crippen LogP contribution is -2.21. The van der Waals surface area contributed by atoms with E-state index < -0.39 is 30.1 Å². The normalized spacial score (nSPS) is 10.7. The first-order valence-corrected chi connectivity index (χ1v) is 8.24. The maximum atomic E-state index is 13.4. The zero-order valence-corrected chi connectivity index (χ0v) is 14.1. The van der Waals surface area contributed by atoms with Crippen LogP contribution in [0.15, 0.2) is 42.5 Å².